The molecule has 2 unspecified atom stereocenters. The van der Waals surface area contributed by atoms with Gasteiger partial charge in [0, 0.05) is 26.1 Å². The highest BCUT2D eigenvalue weighted by atomic mass is 16.4. The smallest absolute Gasteiger partial charge is 0.326 e. The van der Waals surface area contributed by atoms with Crippen LogP contribution in [-0.2, 0) is 4.79 Å². The van der Waals surface area contributed by atoms with Crippen LogP contribution >= 0.6 is 0 Å². The highest BCUT2D eigenvalue weighted by molar-refractivity contribution is 5.83. The van der Waals surface area contributed by atoms with Crippen LogP contribution in [0, 0.1) is 0 Å². The van der Waals surface area contributed by atoms with E-state index < -0.39 is 18.1 Å². The first-order valence-corrected chi connectivity index (χ1v) is 6.65. The van der Waals surface area contributed by atoms with E-state index in [-0.39, 0.29) is 25.0 Å². The summed E-state index contributed by atoms with van der Waals surface area (Å²) in [6.07, 6.45) is 1.11. The van der Waals surface area contributed by atoms with E-state index in [9.17, 15) is 14.7 Å². The number of nitrogens with one attached hydrogen (secondary N) is 1. The van der Waals surface area contributed by atoms with Gasteiger partial charge in [-0.05, 0) is 25.9 Å². The topological polar surface area (TPSA) is 93.1 Å². The normalized spacial score (nSPS) is 28.4. The van der Waals surface area contributed by atoms with Gasteiger partial charge in [-0.3, -0.25) is 0 Å². The molecule has 2 atom stereocenters. The van der Waals surface area contributed by atoms with Gasteiger partial charge in [0.1, 0.15) is 6.04 Å². The Kier molecular flexibility index (Phi) is 4.26. The molecule has 2 aliphatic rings. The molecule has 7 nitrogen and oxygen atoms in total. The second-order valence-electron chi connectivity index (χ2n) is 5.27. The zero-order valence-electron chi connectivity index (χ0n) is 11.1. The Bertz CT molecular complexity index is 357. The summed E-state index contributed by atoms with van der Waals surface area (Å²) in [6, 6.07) is -1.07. The summed E-state index contributed by atoms with van der Waals surface area (Å²) in [5.74, 6) is -1.05. The molecule has 2 amide bonds. The first kappa shape index (κ1) is 14.1. The van der Waals surface area contributed by atoms with Gasteiger partial charge in [-0.25, -0.2) is 9.59 Å². The third-order valence-electron chi connectivity index (χ3n) is 3.97. The molecule has 0 spiro atoms. The van der Waals surface area contributed by atoms with Crippen LogP contribution in [0.25, 0.3) is 0 Å². The molecule has 0 radical (unpaired) electrons. The van der Waals surface area contributed by atoms with Crippen LogP contribution in [-0.4, -0.2) is 76.9 Å². The maximum absolute atomic E-state index is 12.4. The molecule has 2 rings (SSSR count). The van der Waals surface area contributed by atoms with Crippen LogP contribution in [0.5, 0.6) is 0 Å². The number of aliphatic carboxylic acids is 1. The largest absolute Gasteiger partial charge is 0.480 e. The average molecular weight is 271 g/mol. The van der Waals surface area contributed by atoms with Crippen molar-refractivity contribution in [2.75, 3.05) is 26.7 Å². The van der Waals surface area contributed by atoms with Gasteiger partial charge in [0.15, 0.2) is 0 Å². The predicted octanol–water partition coefficient (Wildman–Crippen LogP) is -0.690. The third kappa shape index (κ3) is 2.98. The lowest BCUT2D eigenvalue weighted by atomic mass is 10.1. The van der Waals surface area contributed by atoms with Crippen molar-refractivity contribution in [3.8, 4) is 0 Å². The van der Waals surface area contributed by atoms with Gasteiger partial charge in [0.25, 0.3) is 0 Å². The number of carbonyl (C=O) groups excluding carboxylic acids is 1. The maximum Gasteiger partial charge on any atom is 0.326 e. The van der Waals surface area contributed by atoms with Gasteiger partial charge in [-0.2, -0.15) is 0 Å². The Hall–Kier alpha value is -1.34. The minimum Gasteiger partial charge on any atom is -0.480 e. The van der Waals surface area contributed by atoms with Gasteiger partial charge < -0.3 is 25.3 Å². The van der Waals surface area contributed by atoms with Gasteiger partial charge in [0.2, 0.25) is 0 Å². The Morgan fingerprint density at radius 3 is 2.53 bits per heavy atom. The number of hydrogen-bond acceptors (Lipinski definition) is 4. The molecule has 2 saturated heterocycles. The SMILES string of the molecule is CN(C(=O)N1CC(O)CC1C(=O)O)C1CCNCC1. The maximum atomic E-state index is 12.4. The molecular weight excluding hydrogens is 250 g/mol. The van der Waals surface area contributed by atoms with Gasteiger partial charge in [-0.15, -0.1) is 0 Å². The van der Waals surface area contributed by atoms with Crippen molar-refractivity contribution >= 4 is 12.0 Å². The molecule has 0 aromatic carbocycles. The summed E-state index contributed by atoms with van der Waals surface area (Å²) in [7, 11) is 1.71. The van der Waals surface area contributed by atoms with E-state index in [1.807, 2.05) is 0 Å². The zero-order chi connectivity index (χ0) is 14.0. The number of carbonyl (C=O) groups is 2. The molecule has 2 heterocycles. The van der Waals surface area contributed by atoms with Crippen molar-refractivity contribution < 1.29 is 19.8 Å². The fourth-order valence-corrected chi connectivity index (χ4v) is 2.81. The summed E-state index contributed by atoms with van der Waals surface area (Å²) >= 11 is 0. The van der Waals surface area contributed by atoms with Crippen LogP contribution in [0.4, 0.5) is 4.79 Å². The summed E-state index contributed by atoms with van der Waals surface area (Å²) in [4.78, 5) is 26.4. The van der Waals surface area contributed by atoms with Crippen molar-refractivity contribution in [3.63, 3.8) is 0 Å². The Labute approximate surface area is 112 Å². The molecule has 108 valence electrons. The molecule has 0 saturated carbocycles. The number of rotatable bonds is 2. The lowest BCUT2D eigenvalue weighted by molar-refractivity contribution is -0.141. The Morgan fingerprint density at radius 2 is 1.95 bits per heavy atom. The number of carboxylic acids is 1. The molecule has 0 aliphatic carbocycles. The second kappa shape index (κ2) is 5.75. The summed E-state index contributed by atoms with van der Waals surface area (Å²) < 4.78 is 0. The van der Waals surface area contributed by atoms with Gasteiger partial charge in [0.05, 0.1) is 6.10 Å². The lowest BCUT2D eigenvalue weighted by Crippen LogP contribution is -2.52. The van der Waals surface area contributed by atoms with Crippen molar-refractivity contribution in [2.24, 2.45) is 0 Å². The number of β-amino-alcohol motifs (C(OH)–C–C–N with tert-alkyl or cyclic N) is 1. The molecule has 7 heteroatoms. The van der Waals surface area contributed by atoms with Gasteiger partial charge in [-0.1, -0.05) is 0 Å². The number of aliphatic hydroxyl groups excluding tert-OH is 1. The van der Waals surface area contributed by atoms with Crippen LogP contribution in [0.2, 0.25) is 0 Å². The number of likely N-dealkylation sites (tertiary alicyclic amines) is 1. The van der Waals surface area contributed by atoms with E-state index >= 15 is 0 Å². The molecule has 2 aliphatic heterocycles. The third-order valence-corrected chi connectivity index (χ3v) is 3.97. The quantitative estimate of drug-likeness (QED) is 0.618. The highest BCUT2D eigenvalue weighted by Crippen LogP contribution is 2.21. The van der Waals surface area contributed by atoms with E-state index in [4.69, 9.17) is 5.11 Å². The Balaban J connectivity index is 2.02. The summed E-state index contributed by atoms with van der Waals surface area (Å²) in [5.41, 5.74) is 0. The monoisotopic (exact) mass is 271 g/mol. The summed E-state index contributed by atoms with van der Waals surface area (Å²) in [6.45, 7) is 1.84. The Morgan fingerprint density at radius 1 is 1.32 bits per heavy atom. The van der Waals surface area contributed by atoms with E-state index in [1.54, 1.807) is 11.9 Å². The minimum absolute atomic E-state index is 0.102. The fraction of sp³-hybridized carbons (Fsp3) is 0.833. The number of aliphatic hydroxyl groups is 1. The minimum atomic E-state index is -1.05. The number of hydrogen-bond donors (Lipinski definition) is 3. The molecule has 19 heavy (non-hydrogen) atoms. The van der Waals surface area contributed by atoms with E-state index in [0.29, 0.717) is 0 Å². The van der Waals surface area contributed by atoms with Gasteiger partial charge >= 0.3 is 12.0 Å². The predicted molar refractivity (Wildman–Crippen MR) is 67.8 cm³/mol. The fourth-order valence-electron chi connectivity index (χ4n) is 2.81. The van der Waals surface area contributed by atoms with Crippen LogP contribution in [0.1, 0.15) is 19.3 Å². The first-order chi connectivity index (χ1) is 9.00. The molecular formula is C12H21N3O4. The molecule has 0 aromatic rings. The van der Waals surface area contributed by atoms with Crippen molar-refractivity contribution in [1.82, 2.24) is 15.1 Å². The number of amides is 2. The number of urea groups is 1. The lowest BCUT2D eigenvalue weighted by Gasteiger charge is -2.35. The van der Waals surface area contributed by atoms with Crippen LogP contribution in [0.3, 0.4) is 0 Å². The standard InChI is InChI=1S/C12H21N3O4/c1-14(8-2-4-13-5-3-8)12(19)15-7-9(16)6-10(15)11(17)18/h8-10,13,16H,2-7H2,1H3,(H,17,18). The number of carboxylic acid groups (broad SMARTS) is 1. The van der Waals surface area contributed by atoms with E-state index in [2.05, 4.69) is 5.32 Å². The number of piperidine rings is 1. The molecule has 2 fully saturated rings. The molecule has 0 aromatic heterocycles. The second-order valence-corrected chi connectivity index (χ2v) is 5.27. The zero-order valence-corrected chi connectivity index (χ0v) is 11.1. The highest BCUT2D eigenvalue weighted by Gasteiger charge is 2.41. The van der Waals surface area contributed by atoms with E-state index in [0.717, 1.165) is 25.9 Å². The van der Waals surface area contributed by atoms with Crippen molar-refractivity contribution in [1.29, 1.82) is 0 Å². The van der Waals surface area contributed by atoms with E-state index in [1.165, 1.54) is 4.90 Å². The average Bonchev–Trinajstić information content (AvgIpc) is 2.80. The molecule has 0 bridgehead atoms. The molecule has 3 N–H and O–H groups in total. The van der Waals surface area contributed by atoms with Crippen molar-refractivity contribution in [3.05, 3.63) is 0 Å². The van der Waals surface area contributed by atoms with Crippen LogP contribution < -0.4 is 5.32 Å². The number of nitrogens with zero attached hydrogens (tertiary/aromatic N) is 2. The first-order valence-electron chi connectivity index (χ1n) is 6.65. The summed E-state index contributed by atoms with van der Waals surface area (Å²) in [5, 5.41) is 21.9. The van der Waals surface area contributed by atoms with Crippen molar-refractivity contribution in [2.45, 2.75) is 37.5 Å². The van der Waals surface area contributed by atoms with Crippen LogP contribution in [0.15, 0.2) is 0 Å².